The van der Waals surface area contributed by atoms with Gasteiger partial charge < -0.3 is 15.2 Å². The summed E-state index contributed by atoms with van der Waals surface area (Å²) < 4.78 is 22.6. The summed E-state index contributed by atoms with van der Waals surface area (Å²) in [4.78, 5) is 0. The molecule has 3 atom stereocenters. The SMILES string of the molecule is CCOC(CN)CCS(=O)CC1CCCO1. The summed E-state index contributed by atoms with van der Waals surface area (Å²) in [7, 11) is -0.796. The maximum absolute atomic E-state index is 11.8. The fourth-order valence-electron chi connectivity index (χ4n) is 1.83. The van der Waals surface area contributed by atoms with Gasteiger partial charge in [0.15, 0.2) is 0 Å². The average molecular weight is 249 g/mol. The van der Waals surface area contributed by atoms with Crippen molar-refractivity contribution < 1.29 is 13.7 Å². The van der Waals surface area contributed by atoms with Crippen molar-refractivity contribution in [2.45, 2.75) is 38.4 Å². The molecule has 1 rings (SSSR count). The molecular formula is C11H23NO3S. The van der Waals surface area contributed by atoms with Crippen LogP contribution in [0.1, 0.15) is 26.2 Å². The molecule has 1 heterocycles. The molecule has 0 aromatic carbocycles. The monoisotopic (exact) mass is 249 g/mol. The van der Waals surface area contributed by atoms with E-state index < -0.39 is 10.8 Å². The van der Waals surface area contributed by atoms with Crippen molar-refractivity contribution in [2.24, 2.45) is 5.73 Å². The largest absolute Gasteiger partial charge is 0.377 e. The van der Waals surface area contributed by atoms with Crippen molar-refractivity contribution in [3.8, 4) is 0 Å². The van der Waals surface area contributed by atoms with E-state index in [-0.39, 0.29) is 12.2 Å². The molecule has 2 N–H and O–H groups in total. The van der Waals surface area contributed by atoms with Crippen LogP contribution in [0.3, 0.4) is 0 Å². The minimum absolute atomic E-state index is 0.0541. The van der Waals surface area contributed by atoms with Gasteiger partial charge in [-0.05, 0) is 26.2 Å². The van der Waals surface area contributed by atoms with Crippen LogP contribution in [-0.4, -0.2) is 47.7 Å². The Kier molecular flexibility index (Phi) is 7.20. The molecule has 0 amide bonds. The Labute approximate surface area is 100 Å². The molecule has 0 spiro atoms. The molecule has 0 aromatic rings. The van der Waals surface area contributed by atoms with E-state index in [2.05, 4.69) is 0 Å². The third kappa shape index (κ3) is 5.39. The first kappa shape index (κ1) is 14.1. The molecule has 1 saturated heterocycles. The number of hydrogen-bond acceptors (Lipinski definition) is 4. The lowest BCUT2D eigenvalue weighted by Gasteiger charge is -2.15. The molecule has 96 valence electrons. The molecule has 5 heteroatoms. The van der Waals surface area contributed by atoms with E-state index >= 15 is 0 Å². The van der Waals surface area contributed by atoms with Gasteiger partial charge in [-0.1, -0.05) is 0 Å². The second-order valence-corrected chi connectivity index (χ2v) is 5.67. The third-order valence-electron chi connectivity index (χ3n) is 2.73. The van der Waals surface area contributed by atoms with E-state index in [0.29, 0.717) is 24.7 Å². The minimum atomic E-state index is -0.796. The summed E-state index contributed by atoms with van der Waals surface area (Å²) in [5.41, 5.74) is 5.56. The predicted molar refractivity (Wildman–Crippen MR) is 65.9 cm³/mol. The Bertz CT molecular complexity index is 207. The molecule has 0 saturated carbocycles. The number of rotatable bonds is 8. The summed E-state index contributed by atoms with van der Waals surface area (Å²) in [6.07, 6.45) is 3.20. The normalized spacial score (nSPS) is 24.5. The van der Waals surface area contributed by atoms with Crippen LogP contribution >= 0.6 is 0 Å². The van der Waals surface area contributed by atoms with E-state index in [1.165, 1.54) is 0 Å². The lowest BCUT2D eigenvalue weighted by molar-refractivity contribution is 0.0671. The van der Waals surface area contributed by atoms with Crippen molar-refractivity contribution in [2.75, 3.05) is 31.3 Å². The first-order valence-corrected chi connectivity index (χ1v) is 7.53. The molecule has 0 radical (unpaired) electrons. The Morgan fingerprint density at radius 3 is 3.00 bits per heavy atom. The predicted octanol–water partition coefficient (Wildman–Crippen LogP) is 0.668. The third-order valence-corrected chi connectivity index (χ3v) is 4.16. The van der Waals surface area contributed by atoms with Crippen LogP contribution in [0.2, 0.25) is 0 Å². The van der Waals surface area contributed by atoms with Gasteiger partial charge in [0.1, 0.15) is 0 Å². The summed E-state index contributed by atoms with van der Waals surface area (Å²) in [6.45, 7) is 3.95. The van der Waals surface area contributed by atoms with Crippen LogP contribution in [-0.2, 0) is 20.3 Å². The first-order valence-electron chi connectivity index (χ1n) is 6.04. The molecular weight excluding hydrogens is 226 g/mol. The molecule has 0 aliphatic carbocycles. The van der Waals surface area contributed by atoms with Crippen molar-refractivity contribution in [1.29, 1.82) is 0 Å². The lowest BCUT2D eigenvalue weighted by atomic mass is 10.3. The summed E-state index contributed by atoms with van der Waals surface area (Å²) >= 11 is 0. The van der Waals surface area contributed by atoms with Crippen LogP contribution < -0.4 is 5.73 Å². The molecule has 0 aromatic heterocycles. The topological polar surface area (TPSA) is 61.5 Å². The first-order chi connectivity index (χ1) is 7.76. The smallest absolute Gasteiger partial charge is 0.0705 e. The highest BCUT2D eigenvalue weighted by molar-refractivity contribution is 7.85. The highest BCUT2D eigenvalue weighted by Crippen LogP contribution is 2.13. The van der Waals surface area contributed by atoms with Gasteiger partial charge in [-0.25, -0.2) is 0 Å². The number of nitrogens with two attached hydrogens (primary N) is 1. The molecule has 1 aliphatic rings. The maximum Gasteiger partial charge on any atom is 0.0705 e. The summed E-state index contributed by atoms with van der Waals surface area (Å²) in [5, 5.41) is 0. The minimum Gasteiger partial charge on any atom is -0.377 e. The van der Waals surface area contributed by atoms with Gasteiger partial charge in [0, 0.05) is 42.1 Å². The number of ether oxygens (including phenoxy) is 2. The molecule has 0 bridgehead atoms. The average Bonchev–Trinajstić information content (AvgIpc) is 2.76. The molecule has 1 aliphatic heterocycles. The highest BCUT2D eigenvalue weighted by Gasteiger charge is 2.18. The summed E-state index contributed by atoms with van der Waals surface area (Å²) in [5.74, 6) is 1.34. The molecule has 4 nitrogen and oxygen atoms in total. The summed E-state index contributed by atoms with van der Waals surface area (Å²) in [6, 6.07) is 0. The molecule has 16 heavy (non-hydrogen) atoms. The van der Waals surface area contributed by atoms with Crippen LogP contribution in [0.15, 0.2) is 0 Å². The van der Waals surface area contributed by atoms with E-state index in [1.807, 2.05) is 6.92 Å². The van der Waals surface area contributed by atoms with Gasteiger partial charge in [-0.3, -0.25) is 4.21 Å². The quantitative estimate of drug-likeness (QED) is 0.687. The van der Waals surface area contributed by atoms with E-state index in [1.54, 1.807) is 0 Å². The van der Waals surface area contributed by atoms with Gasteiger partial charge in [0.05, 0.1) is 12.2 Å². The zero-order valence-corrected chi connectivity index (χ0v) is 10.8. The lowest BCUT2D eigenvalue weighted by Crippen LogP contribution is -2.27. The van der Waals surface area contributed by atoms with Crippen LogP contribution in [0.25, 0.3) is 0 Å². The van der Waals surface area contributed by atoms with E-state index in [9.17, 15) is 4.21 Å². The van der Waals surface area contributed by atoms with Crippen LogP contribution in [0.5, 0.6) is 0 Å². The van der Waals surface area contributed by atoms with Gasteiger partial charge in [0.25, 0.3) is 0 Å². The Balaban J connectivity index is 2.12. The Hall–Kier alpha value is 0.0300. The highest BCUT2D eigenvalue weighted by atomic mass is 32.2. The van der Waals surface area contributed by atoms with Gasteiger partial charge in [0.2, 0.25) is 0 Å². The maximum atomic E-state index is 11.8. The Morgan fingerprint density at radius 2 is 2.44 bits per heavy atom. The van der Waals surface area contributed by atoms with Crippen molar-refractivity contribution in [3.63, 3.8) is 0 Å². The van der Waals surface area contributed by atoms with E-state index in [0.717, 1.165) is 25.9 Å². The zero-order valence-electron chi connectivity index (χ0n) is 10.0. The fraction of sp³-hybridized carbons (Fsp3) is 1.00. The standard InChI is InChI=1S/C11H23NO3S/c1-2-14-10(8-12)5-7-16(13)9-11-4-3-6-15-11/h10-11H,2-9,12H2,1H3. The van der Waals surface area contributed by atoms with Crippen molar-refractivity contribution in [3.05, 3.63) is 0 Å². The van der Waals surface area contributed by atoms with Crippen molar-refractivity contribution in [1.82, 2.24) is 0 Å². The van der Waals surface area contributed by atoms with Gasteiger partial charge >= 0.3 is 0 Å². The molecule has 1 fully saturated rings. The van der Waals surface area contributed by atoms with E-state index in [4.69, 9.17) is 15.2 Å². The van der Waals surface area contributed by atoms with Gasteiger partial charge in [-0.15, -0.1) is 0 Å². The zero-order chi connectivity index (χ0) is 11.8. The van der Waals surface area contributed by atoms with Gasteiger partial charge in [-0.2, -0.15) is 0 Å². The second kappa shape index (κ2) is 8.17. The van der Waals surface area contributed by atoms with Crippen LogP contribution in [0.4, 0.5) is 0 Å². The second-order valence-electron chi connectivity index (χ2n) is 4.05. The fourth-order valence-corrected chi connectivity index (χ4v) is 3.20. The number of hydrogen-bond donors (Lipinski definition) is 1. The molecule has 3 unspecified atom stereocenters. The van der Waals surface area contributed by atoms with Crippen molar-refractivity contribution >= 4 is 10.8 Å². The Morgan fingerprint density at radius 1 is 1.62 bits per heavy atom. The van der Waals surface area contributed by atoms with Crippen LogP contribution in [0, 0.1) is 0 Å².